The summed E-state index contributed by atoms with van der Waals surface area (Å²) in [6.45, 7) is 2.93. The number of rotatable bonds is 2. The second-order valence-corrected chi connectivity index (χ2v) is 7.13. The normalized spacial score (nSPS) is 20.2. The van der Waals surface area contributed by atoms with Crippen LogP contribution in [-0.4, -0.2) is 32.1 Å². The first-order valence-electron chi connectivity index (χ1n) is 6.52. The van der Waals surface area contributed by atoms with Crippen molar-refractivity contribution in [2.75, 3.05) is 19.3 Å². The molecule has 0 aliphatic carbocycles. The Balaban J connectivity index is 1.89. The van der Waals surface area contributed by atoms with Crippen molar-refractivity contribution in [3.05, 3.63) is 41.0 Å². The van der Waals surface area contributed by atoms with Gasteiger partial charge in [0.2, 0.25) is 10.0 Å². The molecule has 0 amide bonds. The molecular weight excluding hydrogens is 260 g/mol. The van der Waals surface area contributed by atoms with E-state index in [1.54, 1.807) is 0 Å². The van der Waals surface area contributed by atoms with Crippen LogP contribution in [0, 0.1) is 0 Å². The van der Waals surface area contributed by atoms with E-state index < -0.39 is 10.0 Å². The fourth-order valence-electron chi connectivity index (χ4n) is 2.83. The van der Waals surface area contributed by atoms with Crippen LogP contribution in [0.4, 0.5) is 0 Å². The third-order valence-electron chi connectivity index (χ3n) is 3.88. The van der Waals surface area contributed by atoms with Gasteiger partial charge < -0.3 is 5.32 Å². The van der Waals surface area contributed by atoms with Crippen LogP contribution in [0.5, 0.6) is 0 Å². The molecule has 0 radical (unpaired) electrons. The highest BCUT2D eigenvalue weighted by atomic mass is 32.2. The van der Waals surface area contributed by atoms with Gasteiger partial charge >= 0.3 is 0 Å². The molecule has 2 heterocycles. The summed E-state index contributed by atoms with van der Waals surface area (Å²) in [6.07, 6.45) is 4.12. The van der Waals surface area contributed by atoms with Gasteiger partial charge in [-0.2, -0.15) is 4.31 Å². The first-order chi connectivity index (χ1) is 9.05. The Morgan fingerprint density at radius 1 is 1.26 bits per heavy atom. The van der Waals surface area contributed by atoms with Crippen molar-refractivity contribution in [3.63, 3.8) is 0 Å². The number of nitrogens with zero attached hydrogens (tertiary/aromatic N) is 1. The highest BCUT2D eigenvalue weighted by molar-refractivity contribution is 7.88. The van der Waals surface area contributed by atoms with Crippen molar-refractivity contribution >= 4 is 15.6 Å². The Morgan fingerprint density at radius 2 is 2.11 bits per heavy atom. The molecule has 0 bridgehead atoms. The van der Waals surface area contributed by atoms with Crippen LogP contribution >= 0.6 is 0 Å². The molecule has 1 aromatic carbocycles. The molecule has 0 saturated heterocycles. The van der Waals surface area contributed by atoms with Gasteiger partial charge in [-0.1, -0.05) is 24.3 Å². The molecule has 0 saturated carbocycles. The summed E-state index contributed by atoms with van der Waals surface area (Å²) in [4.78, 5) is 0. The molecule has 2 aliphatic heterocycles. The smallest absolute Gasteiger partial charge is 0.211 e. The monoisotopic (exact) mass is 278 g/mol. The number of nitrogens with one attached hydrogen (secondary N) is 1. The highest BCUT2D eigenvalue weighted by Gasteiger charge is 2.22. The molecule has 2 aliphatic rings. The lowest BCUT2D eigenvalue weighted by Crippen LogP contribution is -2.33. The lowest BCUT2D eigenvalue weighted by Gasteiger charge is -2.25. The van der Waals surface area contributed by atoms with Crippen molar-refractivity contribution in [2.45, 2.75) is 19.5 Å². The van der Waals surface area contributed by atoms with Crippen LogP contribution in [0.3, 0.4) is 0 Å². The SMILES string of the molecule is CS(=O)(=O)N1CC=C(c2cccc3c2CNC3)CC1. The summed E-state index contributed by atoms with van der Waals surface area (Å²) in [5.41, 5.74) is 5.31. The van der Waals surface area contributed by atoms with E-state index in [9.17, 15) is 8.42 Å². The fourth-order valence-corrected chi connectivity index (χ4v) is 3.60. The molecule has 0 spiro atoms. The standard InChI is InChI=1S/C14H18N2O2S/c1-19(17,18)16-7-5-11(6-8-16)13-4-2-3-12-9-15-10-14(12)13/h2-5,15H,6-10H2,1H3. The maximum atomic E-state index is 11.5. The van der Waals surface area contributed by atoms with Crippen LogP contribution in [0.1, 0.15) is 23.1 Å². The van der Waals surface area contributed by atoms with E-state index in [2.05, 4.69) is 29.6 Å². The molecular formula is C14H18N2O2S. The van der Waals surface area contributed by atoms with Gasteiger partial charge in [0.25, 0.3) is 0 Å². The molecule has 4 nitrogen and oxygen atoms in total. The minimum absolute atomic E-state index is 0.491. The fraction of sp³-hybridized carbons (Fsp3) is 0.429. The summed E-state index contributed by atoms with van der Waals surface area (Å²) in [6, 6.07) is 6.39. The van der Waals surface area contributed by atoms with E-state index >= 15 is 0 Å². The summed E-state index contributed by atoms with van der Waals surface area (Å²) in [5, 5.41) is 3.37. The Bertz CT molecular complexity index is 635. The Kier molecular flexibility index (Phi) is 3.20. The molecule has 1 aromatic rings. The van der Waals surface area contributed by atoms with Gasteiger partial charge in [0.05, 0.1) is 6.26 Å². The van der Waals surface area contributed by atoms with Gasteiger partial charge in [0.1, 0.15) is 0 Å². The summed E-state index contributed by atoms with van der Waals surface area (Å²) < 4.78 is 24.5. The second-order valence-electron chi connectivity index (χ2n) is 5.15. The molecule has 5 heteroatoms. The summed E-state index contributed by atoms with van der Waals surface area (Å²) in [7, 11) is -3.07. The average molecular weight is 278 g/mol. The van der Waals surface area contributed by atoms with E-state index in [0.29, 0.717) is 13.1 Å². The minimum atomic E-state index is -3.07. The number of hydrogen-bond acceptors (Lipinski definition) is 3. The molecule has 0 aromatic heterocycles. The van der Waals surface area contributed by atoms with E-state index in [-0.39, 0.29) is 0 Å². The second kappa shape index (κ2) is 4.74. The molecule has 1 N–H and O–H groups in total. The number of sulfonamides is 1. The third kappa shape index (κ3) is 2.45. The Labute approximate surface area is 114 Å². The van der Waals surface area contributed by atoms with Crippen molar-refractivity contribution in [1.29, 1.82) is 0 Å². The minimum Gasteiger partial charge on any atom is -0.309 e. The van der Waals surface area contributed by atoms with E-state index in [1.807, 2.05) is 0 Å². The zero-order valence-corrected chi connectivity index (χ0v) is 11.8. The van der Waals surface area contributed by atoms with E-state index in [4.69, 9.17) is 0 Å². The largest absolute Gasteiger partial charge is 0.309 e. The molecule has 0 atom stereocenters. The Morgan fingerprint density at radius 3 is 2.79 bits per heavy atom. The maximum Gasteiger partial charge on any atom is 0.211 e. The third-order valence-corrected chi connectivity index (χ3v) is 5.15. The van der Waals surface area contributed by atoms with Crippen LogP contribution < -0.4 is 5.32 Å². The van der Waals surface area contributed by atoms with Gasteiger partial charge in [-0.15, -0.1) is 0 Å². The van der Waals surface area contributed by atoms with Crippen LogP contribution in [0.2, 0.25) is 0 Å². The molecule has 3 rings (SSSR count). The zero-order chi connectivity index (χ0) is 13.5. The van der Waals surface area contributed by atoms with Gasteiger partial charge in [-0.3, -0.25) is 0 Å². The number of hydrogen-bond donors (Lipinski definition) is 1. The summed E-state index contributed by atoms with van der Waals surface area (Å²) in [5.74, 6) is 0. The summed E-state index contributed by atoms with van der Waals surface area (Å²) >= 11 is 0. The van der Waals surface area contributed by atoms with Crippen LogP contribution in [-0.2, 0) is 23.1 Å². The van der Waals surface area contributed by atoms with Gasteiger partial charge in [0, 0.05) is 26.2 Å². The predicted octanol–water partition coefficient (Wildman–Crippen LogP) is 1.34. The number of fused-ring (bicyclic) bond motifs is 1. The molecule has 0 unspecified atom stereocenters. The zero-order valence-electron chi connectivity index (χ0n) is 11.0. The molecule has 0 fully saturated rings. The quantitative estimate of drug-likeness (QED) is 0.888. The maximum absolute atomic E-state index is 11.5. The van der Waals surface area contributed by atoms with Crippen molar-refractivity contribution in [1.82, 2.24) is 9.62 Å². The molecule has 102 valence electrons. The Hall–Kier alpha value is -1.17. The topological polar surface area (TPSA) is 49.4 Å². The lowest BCUT2D eigenvalue weighted by molar-refractivity contribution is 0.446. The van der Waals surface area contributed by atoms with Crippen LogP contribution in [0.25, 0.3) is 5.57 Å². The lowest BCUT2D eigenvalue weighted by atomic mass is 9.93. The van der Waals surface area contributed by atoms with Crippen LogP contribution in [0.15, 0.2) is 24.3 Å². The van der Waals surface area contributed by atoms with Gasteiger partial charge in [-0.05, 0) is 28.7 Å². The molecule has 19 heavy (non-hydrogen) atoms. The number of benzene rings is 1. The van der Waals surface area contributed by atoms with Crippen molar-refractivity contribution in [2.24, 2.45) is 0 Å². The first-order valence-corrected chi connectivity index (χ1v) is 8.36. The van der Waals surface area contributed by atoms with E-state index in [1.165, 1.54) is 32.8 Å². The van der Waals surface area contributed by atoms with Crippen molar-refractivity contribution < 1.29 is 8.42 Å². The average Bonchev–Trinajstić information content (AvgIpc) is 2.86. The highest BCUT2D eigenvalue weighted by Crippen LogP contribution is 2.30. The van der Waals surface area contributed by atoms with Gasteiger partial charge in [0.15, 0.2) is 0 Å². The van der Waals surface area contributed by atoms with Gasteiger partial charge in [-0.25, -0.2) is 8.42 Å². The van der Waals surface area contributed by atoms with Crippen molar-refractivity contribution in [3.8, 4) is 0 Å². The first kappa shape index (κ1) is 12.8. The predicted molar refractivity (Wildman–Crippen MR) is 76.0 cm³/mol. The van der Waals surface area contributed by atoms with E-state index in [0.717, 1.165) is 19.5 Å².